The number of nitrogens with one attached hydrogen (secondary N) is 1. The molecule has 0 aliphatic rings. The number of rotatable bonds is 4. The second kappa shape index (κ2) is 4.88. The number of nitrogens with zero attached hydrogens (tertiary/aromatic N) is 1. The van der Waals surface area contributed by atoms with Crippen molar-refractivity contribution >= 4 is 22.7 Å². The Morgan fingerprint density at radius 2 is 2.33 bits per heavy atom. The molecule has 0 saturated heterocycles. The summed E-state index contributed by atoms with van der Waals surface area (Å²) in [6.07, 6.45) is 1.93. The first-order valence-electron chi connectivity index (χ1n) is 4.92. The van der Waals surface area contributed by atoms with Crippen LogP contribution in [0.4, 0.5) is 0 Å². The summed E-state index contributed by atoms with van der Waals surface area (Å²) in [5, 5.41) is 5.65. The molecule has 4 heteroatoms. The van der Waals surface area contributed by atoms with E-state index in [0.29, 0.717) is 6.04 Å². The molecule has 2 aromatic rings. The topological polar surface area (TPSA) is 24.9 Å². The Morgan fingerprint density at radius 1 is 1.47 bits per heavy atom. The van der Waals surface area contributed by atoms with E-state index in [-0.39, 0.29) is 0 Å². The minimum atomic E-state index is 0.388. The summed E-state index contributed by atoms with van der Waals surface area (Å²) in [7, 11) is 0. The number of hydrogen-bond acceptors (Lipinski definition) is 4. The third-order valence-electron chi connectivity index (χ3n) is 2.42. The Labute approximate surface area is 98.0 Å². The van der Waals surface area contributed by atoms with Crippen molar-refractivity contribution < 1.29 is 0 Å². The van der Waals surface area contributed by atoms with Crippen molar-refractivity contribution in [1.82, 2.24) is 10.3 Å². The first kappa shape index (κ1) is 10.8. The highest BCUT2D eigenvalue weighted by atomic mass is 32.1. The molecule has 2 aromatic heterocycles. The number of aryl methyl sites for hydroxylation is 1. The maximum Gasteiger partial charge on any atom is 0.0794 e. The quantitative estimate of drug-likeness (QED) is 0.883. The molecule has 0 aromatic carbocycles. The van der Waals surface area contributed by atoms with Crippen molar-refractivity contribution in [2.45, 2.75) is 26.4 Å². The highest BCUT2D eigenvalue weighted by Crippen LogP contribution is 2.19. The summed E-state index contributed by atoms with van der Waals surface area (Å²) >= 11 is 3.52. The smallest absolute Gasteiger partial charge is 0.0794 e. The highest BCUT2D eigenvalue weighted by Gasteiger charge is 2.07. The van der Waals surface area contributed by atoms with Crippen LogP contribution < -0.4 is 5.32 Å². The molecule has 0 fully saturated rings. The van der Waals surface area contributed by atoms with Crippen LogP contribution in [-0.4, -0.2) is 4.98 Å². The van der Waals surface area contributed by atoms with E-state index in [1.165, 1.54) is 15.3 Å². The fourth-order valence-corrected chi connectivity index (χ4v) is 2.88. The Bertz CT molecular complexity index is 406. The molecule has 80 valence electrons. The number of thiophene rings is 1. The maximum atomic E-state index is 4.09. The zero-order valence-corrected chi connectivity index (χ0v) is 10.5. The highest BCUT2D eigenvalue weighted by molar-refractivity contribution is 7.10. The van der Waals surface area contributed by atoms with Gasteiger partial charge in [-0.05, 0) is 30.9 Å². The summed E-state index contributed by atoms with van der Waals surface area (Å²) in [5.41, 5.74) is 3.26. The summed E-state index contributed by atoms with van der Waals surface area (Å²) in [6.45, 7) is 5.28. The molecule has 1 unspecified atom stereocenters. The Balaban J connectivity index is 1.91. The number of aromatic nitrogens is 1. The van der Waals surface area contributed by atoms with E-state index in [1.807, 2.05) is 23.0 Å². The maximum absolute atomic E-state index is 4.09. The Morgan fingerprint density at radius 3 is 2.93 bits per heavy atom. The van der Waals surface area contributed by atoms with Gasteiger partial charge in [0.1, 0.15) is 0 Å². The van der Waals surface area contributed by atoms with Crippen molar-refractivity contribution in [3.05, 3.63) is 38.5 Å². The van der Waals surface area contributed by atoms with Crippen LogP contribution in [-0.2, 0) is 6.54 Å². The van der Waals surface area contributed by atoms with Gasteiger partial charge >= 0.3 is 0 Å². The van der Waals surface area contributed by atoms with E-state index >= 15 is 0 Å². The van der Waals surface area contributed by atoms with Gasteiger partial charge in [0.25, 0.3) is 0 Å². The molecule has 15 heavy (non-hydrogen) atoms. The molecular formula is C11H14N2S2. The lowest BCUT2D eigenvalue weighted by Gasteiger charge is -2.10. The van der Waals surface area contributed by atoms with E-state index in [1.54, 1.807) is 11.3 Å². The van der Waals surface area contributed by atoms with Gasteiger partial charge in [-0.1, -0.05) is 0 Å². The molecular weight excluding hydrogens is 224 g/mol. The van der Waals surface area contributed by atoms with E-state index in [4.69, 9.17) is 0 Å². The van der Waals surface area contributed by atoms with Crippen LogP contribution >= 0.6 is 22.7 Å². The van der Waals surface area contributed by atoms with Gasteiger partial charge in [0.2, 0.25) is 0 Å². The number of thiazole rings is 1. The third kappa shape index (κ3) is 2.65. The molecule has 0 radical (unpaired) electrons. The summed E-state index contributed by atoms with van der Waals surface area (Å²) in [6, 6.07) is 2.55. The molecule has 1 N–H and O–H groups in total. The molecule has 0 bridgehead atoms. The van der Waals surface area contributed by atoms with Gasteiger partial charge in [0.05, 0.1) is 5.51 Å². The zero-order chi connectivity index (χ0) is 10.7. The first-order chi connectivity index (χ1) is 7.27. The summed E-state index contributed by atoms with van der Waals surface area (Å²) < 4.78 is 0. The van der Waals surface area contributed by atoms with Crippen LogP contribution in [0.1, 0.15) is 28.3 Å². The fraction of sp³-hybridized carbons (Fsp3) is 0.364. The van der Waals surface area contributed by atoms with Crippen molar-refractivity contribution in [3.8, 4) is 0 Å². The Hall–Kier alpha value is -0.710. The van der Waals surface area contributed by atoms with Gasteiger partial charge in [-0.25, -0.2) is 0 Å². The van der Waals surface area contributed by atoms with Crippen LogP contribution in [0.5, 0.6) is 0 Å². The lowest BCUT2D eigenvalue weighted by atomic mass is 10.2. The molecule has 0 saturated carbocycles. The lowest BCUT2D eigenvalue weighted by Crippen LogP contribution is -2.16. The molecule has 0 spiro atoms. The SMILES string of the molecule is Cc1ccsc1CNC(C)c1cncs1. The van der Waals surface area contributed by atoms with Crippen molar-refractivity contribution in [3.63, 3.8) is 0 Å². The van der Waals surface area contributed by atoms with Gasteiger partial charge in [-0.3, -0.25) is 4.98 Å². The molecule has 0 aliphatic carbocycles. The van der Waals surface area contributed by atoms with Gasteiger partial charge in [-0.15, -0.1) is 22.7 Å². The van der Waals surface area contributed by atoms with Crippen LogP contribution in [0.3, 0.4) is 0 Å². The standard InChI is InChI=1S/C11H14N2S2/c1-8-3-4-14-10(8)6-13-9(2)11-5-12-7-15-11/h3-5,7,9,13H,6H2,1-2H3. The molecule has 2 rings (SSSR count). The molecule has 0 aliphatic heterocycles. The predicted molar refractivity (Wildman–Crippen MR) is 66.4 cm³/mol. The predicted octanol–water partition coefficient (Wildman–Crippen LogP) is 3.36. The van der Waals surface area contributed by atoms with Crippen LogP contribution in [0.2, 0.25) is 0 Å². The second-order valence-electron chi connectivity index (χ2n) is 3.53. The van der Waals surface area contributed by atoms with Crippen molar-refractivity contribution in [2.24, 2.45) is 0 Å². The molecule has 1 atom stereocenters. The number of hydrogen-bond donors (Lipinski definition) is 1. The van der Waals surface area contributed by atoms with Crippen molar-refractivity contribution in [1.29, 1.82) is 0 Å². The largest absolute Gasteiger partial charge is 0.304 e. The van der Waals surface area contributed by atoms with Gasteiger partial charge in [-0.2, -0.15) is 0 Å². The molecule has 0 amide bonds. The second-order valence-corrected chi connectivity index (χ2v) is 5.45. The minimum Gasteiger partial charge on any atom is -0.304 e. The van der Waals surface area contributed by atoms with Gasteiger partial charge < -0.3 is 5.32 Å². The van der Waals surface area contributed by atoms with E-state index in [0.717, 1.165) is 6.54 Å². The van der Waals surface area contributed by atoms with Gasteiger partial charge in [0, 0.05) is 28.5 Å². The zero-order valence-electron chi connectivity index (χ0n) is 8.86. The Kier molecular flexibility index (Phi) is 3.51. The molecule has 2 heterocycles. The normalized spacial score (nSPS) is 12.9. The van der Waals surface area contributed by atoms with Crippen LogP contribution in [0.15, 0.2) is 23.2 Å². The summed E-state index contributed by atoms with van der Waals surface area (Å²) in [5.74, 6) is 0. The van der Waals surface area contributed by atoms with E-state index in [9.17, 15) is 0 Å². The third-order valence-corrected chi connectivity index (χ3v) is 4.40. The summed E-state index contributed by atoms with van der Waals surface area (Å²) in [4.78, 5) is 6.81. The average molecular weight is 238 g/mol. The average Bonchev–Trinajstić information content (AvgIpc) is 2.85. The monoisotopic (exact) mass is 238 g/mol. The fourth-order valence-electron chi connectivity index (χ4n) is 1.37. The van der Waals surface area contributed by atoms with E-state index in [2.05, 4.69) is 35.6 Å². The van der Waals surface area contributed by atoms with E-state index < -0.39 is 0 Å². The van der Waals surface area contributed by atoms with Crippen LogP contribution in [0, 0.1) is 6.92 Å². The minimum absolute atomic E-state index is 0.388. The van der Waals surface area contributed by atoms with Crippen molar-refractivity contribution in [2.75, 3.05) is 0 Å². The first-order valence-corrected chi connectivity index (χ1v) is 6.68. The molecule has 2 nitrogen and oxygen atoms in total. The van der Waals surface area contributed by atoms with Gasteiger partial charge in [0.15, 0.2) is 0 Å². The lowest BCUT2D eigenvalue weighted by molar-refractivity contribution is 0.585. The van der Waals surface area contributed by atoms with Crippen LogP contribution in [0.25, 0.3) is 0 Å².